The van der Waals surface area contributed by atoms with Crippen molar-refractivity contribution < 1.29 is 18.6 Å². The molecule has 3 aromatic rings. The number of piperidine rings is 2. The average molecular weight is 569 g/mol. The minimum Gasteiger partial charge on any atom is -0.497 e. The van der Waals surface area contributed by atoms with Gasteiger partial charge < -0.3 is 19.5 Å². The fourth-order valence-electron chi connectivity index (χ4n) is 6.98. The van der Waals surface area contributed by atoms with Gasteiger partial charge >= 0.3 is 0 Å². The molecule has 5 rings (SSSR count). The maximum absolute atomic E-state index is 14.4. The zero-order valence-electron chi connectivity index (χ0n) is 23.8. The molecule has 9 heteroatoms. The summed E-state index contributed by atoms with van der Waals surface area (Å²) in [6.45, 7) is 5.64. The molecule has 2 fully saturated rings. The number of ether oxygens (including phenoxy) is 3. The number of rotatable bonds is 9. The summed E-state index contributed by atoms with van der Waals surface area (Å²) < 4.78 is 30.5. The quantitative estimate of drug-likeness (QED) is 0.308. The van der Waals surface area contributed by atoms with Crippen LogP contribution in [0.2, 0.25) is 5.02 Å². The number of halogens is 2. The Bertz CT molecular complexity index is 1330. The topological polar surface area (TPSA) is 68.7 Å². The molecule has 40 heavy (non-hydrogen) atoms. The lowest BCUT2D eigenvalue weighted by Gasteiger charge is -2.64. The molecule has 4 unspecified atom stereocenters. The zero-order chi connectivity index (χ0) is 28.5. The Balaban J connectivity index is 1.50. The lowest BCUT2D eigenvalue weighted by molar-refractivity contribution is -0.115. The molecule has 2 aromatic carbocycles. The van der Waals surface area contributed by atoms with Crippen LogP contribution in [0.4, 0.5) is 4.39 Å². The summed E-state index contributed by atoms with van der Waals surface area (Å²) in [5, 5.41) is 12.9. The van der Waals surface area contributed by atoms with E-state index in [1.165, 1.54) is 24.8 Å². The first kappa shape index (κ1) is 28.7. The van der Waals surface area contributed by atoms with Crippen molar-refractivity contribution in [3.63, 3.8) is 0 Å². The summed E-state index contributed by atoms with van der Waals surface area (Å²) in [7, 11) is 5.26. The highest BCUT2D eigenvalue weighted by Gasteiger charge is 2.58. The number of nitrogens with zero attached hydrogens (tertiary/aromatic N) is 3. The van der Waals surface area contributed by atoms with E-state index in [2.05, 4.69) is 41.3 Å². The normalized spacial score (nSPS) is 26.5. The van der Waals surface area contributed by atoms with Crippen LogP contribution in [0.25, 0.3) is 11.3 Å². The summed E-state index contributed by atoms with van der Waals surface area (Å²) in [6, 6.07) is 15.3. The van der Waals surface area contributed by atoms with Crippen LogP contribution < -0.4 is 14.8 Å². The molecule has 214 valence electrons. The molecule has 1 N–H and O–H groups in total. The Morgan fingerprint density at radius 3 is 2.50 bits per heavy atom. The van der Waals surface area contributed by atoms with Gasteiger partial charge in [0, 0.05) is 48.3 Å². The van der Waals surface area contributed by atoms with Crippen molar-refractivity contribution in [3.8, 4) is 22.8 Å². The smallest absolute Gasteiger partial charge is 0.188 e. The zero-order valence-corrected chi connectivity index (χ0v) is 24.6. The first-order valence-electron chi connectivity index (χ1n) is 13.7. The first-order chi connectivity index (χ1) is 19.2. The summed E-state index contributed by atoms with van der Waals surface area (Å²) in [4.78, 5) is 2.70. The number of fused-ring (bicyclic) bond motifs is 2. The molecule has 7 nitrogen and oxygen atoms in total. The van der Waals surface area contributed by atoms with Crippen molar-refractivity contribution in [1.82, 2.24) is 20.4 Å². The van der Waals surface area contributed by atoms with E-state index in [0.717, 1.165) is 43.7 Å². The number of aromatic nitrogens is 2. The molecule has 4 atom stereocenters. The molecular formula is C31H38ClFN4O3. The number of hydrogen-bond donors (Lipinski definition) is 1. The van der Waals surface area contributed by atoms with Gasteiger partial charge in [-0.15, -0.1) is 0 Å². The Hall–Kier alpha value is -2.78. The molecule has 2 bridgehead atoms. The number of hydrogen-bond acceptors (Lipinski definition) is 7. The standard InChI is InChI=1S/C31H38ClFN4O3/c1-30-13-6-14-31(2,37(30)18-20-7-9-21(39-5)10-8-20)29(27(17-30)34-3)26-12-11-25(35-36-26)22-15-24(33)23(32)16-28(22)40-19-38-4/h7-12,15-16,27,29,34H,6,13-14,17-19H2,1-5H3. The van der Waals surface area contributed by atoms with Gasteiger partial charge in [0.25, 0.3) is 0 Å². The van der Waals surface area contributed by atoms with Crippen LogP contribution in [-0.4, -0.2) is 60.3 Å². The predicted octanol–water partition coefficient (Wildman–Crippen LogP) is 6.21. The van der Waals surface area contributed by atoms with E-state index in [1.807, 2.05) is 31.3 Å². The third-order valence-corrected chi connectivity index (χ3v) is 9.19. The van der Waals surface area contributed by atoms with Crippen LogP contribution >= 0.6 is 11.6 Å². The number of nitrogens with one attached hydrogen (secondary N) is 1. The van der Waals surface area contributed by atoms with Gasteiger partial charge in [-0.3, -0.25) is 4.90 Å². The predicted molar refractivity (Wildman–Crippen MR) is 154 cm³/mol. The van der Waals surface area contributed by atoms with Crippen LogP contribution in [0.3, 0.4) is 0 Å². The van der Waals surface area contributed by atoms with E-state index in [-0.39, 0.29) is 34.9 Å². The van der Waals surface area contributed by atoms with Gasteiger partial charge in [0.1, 0.15) is 17.3 Å². The van der Waals surface area contributed by atoms with Crippen LogP contribution in [-0.2, 0) is 11.3 Å². The molecule has 2 aliphatic heterocycles. The highest BCUT2D eigenvalue weighted by Crippen LogP contribution is 2.54. The van der Waals surface area contributed by atoms with E-state index >= 15 is 0 Å². The third kappa shape index (κ3) is 5.30. The molecule has 0 aliphatic carbocycles. The molecule has 3 heterocycles. The van der Waals surface area contributed by atoms with Crippen LogP contribution in [0.1, 0.15) is 56.7 Å². The van der Waals surface area contributed by atoms with E-state index < -0.39 is 5.82 Å². The lowest BCUT2D eigenvalue weighted by atomic mass is 9.60. The molecular weight excluding hydrogens is 531 g/mol. The lowest BCUT2D eigenvalue weighted by Crippen LogP contribution is -2.71. The fourth-order valence-corrected chi connectivity index (χ4v) is 7.13. The van der Waals surface area contributed by atoms with Gasteiger partial charge in [0.2, 0.25) is 0 Å². The Kier molecular flexibility index (Phi) is 8.34. The Labute approximate surface area is 241 Å². The summed E-state index contributed by atoms with van der Waals surface area (Å²) >= 11 is 6.02. The number of likely N-dealkylation sites (N-methyl/N-ethyl adjacent to an activating group) is 1. The van der Waals surface area contributed by atoms with Gasteiger partial charge in [0.15, 0.2) is 6.79 Å². The van der Waals surface area contributed by atoms with Crippen LogP contribution in [0.15, 0.2) is 48.5 Å². The minimum absolute atomic E-state index is 0.00749. The molecule has 1 aromatic heterocycles. The van der Waals surface area contributed by atoms with E-state index in [1.54, 1.807) is 7.11 Å². The van der Waals surface area contributed by atoms with E-state index in [0.29, 0.717) is 17.0 Å². The van der Waals surface area contributed by atoms with Gasteiger partial charge in [-0.1, -0.05) is 23.7 Å². The molecule has 0 spiro atoms. The van der Waals surface area contributed by atoms with Crippen molar-refractivity contribution in [2.75, 3.05) is 28.1 Å². The maximum atomic E-state index is 14.4. The second-order valence-electron chi connectivity index (χ2n) is 11.4. The van der Waals surface area contributed by atoms with Crippen LogP contribution in [0.5, 0.6) is 11.5 Å². The van der Waals surface area contributed by atoms with Crippen molar-refractivity contribution in [2.24, 2.45) is 0 Å². The van der Waals surface area contributed by atoms with Gasteiger partial charge in [-0.25, -0.2) is 4.39 Å². The minimum atomic E-state index is -0.544. The largest absolute Gasteiger partial charge is 0.497 e. The van der Waals surface area contributed by atoms with Gasteiger partial charge in [-0.05, 0) is 82.5 Å². The summed E-state index contributed by atoms with van der Waals surface area (Å²) in [5.74, 6) is 0.816. The summed E-state index contributed by atoms with van der Waals surface area (Å²) in [6.07, 6.45) is 4.37. The van der Waals surface area contributed by atoms with Gasteiger partial charge in [0.05, 0.1) is 23.5 Å². The molecule has 0 saturated carbocycles. The highest BCUT2D eigenvalue weighted by molar-refractivity contribution is 6.31. The van der Waals surface area contributed by atoms with Crippen molar-refractivity contribution in [1.29, 1.82) is 0 Å². The van der Waals surface area contributed by atoms with Crippen molar-refractivity contribution in [3.05, 3.63) is 70.6 Å². The monoisotopic (exact) mass is 568 g/mol. The second-order valence-corrected chi connectivity index (χ2v) is 11.8. The summed E-state index contributed by atoms with van der Waals surface area (Å²) in [5.41, 5.74) is 3.08. The number of benzene rings is 2. The number of methoxy groups -OCH3 is 2. The van der Waals surface area contributed by atoms with E-state index in [9.17, 15) is 4.39 Å². The fraction of sp³-hybridized carbons (Fsp3) is 0.484. The SMILES string of the molecule is CNC1CC2(C)CCCC(C)(C1c1ccc(-c3cc(F)c(Cl)cc3OCOC)nn1)N2Cc1ccc(OC)cc1. The molecule has 2 aliphatic rings. The van der Waals surface area contributed by atoms with E-state index in [4.69, 9.17) is 30.9 Å². The Morgan fingerprint density at radius 1 is 1.07 bits per heavy atom. The highest BCUT2D eigenvalue weighted by atomic mass is 35.5. The van der Waals surface area contributed by atoms with Crippen LogP contribution in [0, 0.1) is 5.82 Å². The third-order valence-electron chi connectivity index (χ3n) is 8.90. The Morgan fingerprint density at radius 2 is 1.85 bits per heavy atom. The first-order valence-corrected chi connectivity index (χ1v) is 14.1. The molecule has 0 amide bonds. The maximum Gasteiger partial charge on any atom is 0.188 e. The molecule has 2 saturated heterocycles. The van der Waals surface area contributed by atoms with Crippen molar-refractivity contribution >= 4 is 11.6 Å². The molecule has 0 radical (unpaired) electrons. The second kappa shape index (κ2) is 11.6. The average Bonchev–Trinajstić information content (AvgIpc) is 2.95. The van der Waals surface area contributed by atoms with Crippen molar-refractivity contribution in [2.45, 2.75) is 69.1 Å². The van der Waals surface area contributed by atoms with Gasteiger partial charge in [-0.2, -0.15) is 10.2 Å².